The molecule has 154 valence electrons. The molecule has 0 radical (unpaired) electrons. The van der Waals surface area contributed by atoms with Crippen molar-refractivity contribution in [1.82, 2.24) is 0 Å². The molecule has 0 heterocycles. The lowest BCUT2D eigenvalue weighted by Gasteiger charge is -2.19. The monoisotopic (exact) mass is 386 g/mol. The standard InChI is InChI=1S/C25H35FO2/c1-4-5-6-7-8-9-10-11-25(28-27-20(2)3)23-14-12-21(13-15-23)22-16-18-24(26)19-17-22/h12-20,25H,4-11H2,1-3H3. The van der Waals surface area contributed by atoms with Crippen molar-refractivity contribution in [3.05, 3.63) is 59.9 Å². The predicted octanol–water partition coefficient (Wildman–Crippen LogP) is 8.03. The summed E-state index contributed by atoms with van der Waals surface area (Å²) < 4.78 is 13.1. The second kappa shape index (κ2) is 12.7. The molecule has 0 N–H and O–H groups in total. The molecule has 1 unspecified atom stereocenters. The summed E-state index contributed by atoms with van der Waals surface area (Å²) in [6, 6.07) is 14.9. The van der Waals surface area contributed by atoms with Gasteiger partial charge in [-0.05, 0) is 49.1 Å². The van der Waals surface area contributed by atoms with Crippen LogP contribution in [0.2, 0.25) is 0 Å². The van der Waals surface area contributed by atoms with Gasteiger partial charge >= 0.3 is 0 Å². The van der Waals surface area contributed by atoms with Gasteiger partial charge in [-0.15, -0.1) is 0 Å². The number of hydrogen-bond acceptors (Lipinski definition) is 2. The molecular formula is C25H35FO2. The zero-order chi connectivity index (χ0) is 20.2. The summed E-state index contributed by atoms with van der Waals surface area (Å²) in [4.78, 5) is 11.2. The van der Waals surface area contributed by atoms with Crippen LogP contribution in [-0.2, 0) is 9.78 Å². The van der Waals surface area contributed by atoms with Gasteiger partial charge < -0.3 is 0 Å². The highest BCUT2D eigenvalue weighted by molar-refractivity contribution is 5.63. The minimum absolute atomic E-state index is 0.0371. The molecule has 0 aliphatic carbocycles. The second-order valence-electron chi connectivity index (χ2n) is 7.77. The van der Waals surface area contributed by atoms with Crippen LogP contribution < -0.4 is 0 Å². The van der Waals surface area contributed by atoms with Crippen molar-refractivity contribution >= 4 is 0 Å². The summed E-state index contributed by atoms with van der Waals surface area (Å²) >= 11 is 0. The molecule has 0 amide bonds. The molecule has 28 heavy (non-hydrogen) atoms. The summed E-state index contributed by atoms with van der Waals surface area (Å²) in [7, 11) is 0. The Hall–Kier alpha value is -1.71. The molecule has 0 fully saturated rings. The van der Waals surface area contributed by atoms with Gasteiger partial charge in [0.2, 0.25) is 0 Å². The Morgan fingerprint density at radius 2 is 1.25 bits per heavy atom. The fourth-order valence-electron chi connectivity index (χ4n) is 3.27. The molecule has 2 aromatic carbocycles. The van der Waals surface area contributed by atoms with Gasteiger partial charge in [0.05, 0.1) is 6.10 Å². The summed E-state index contributed by atoms with van der Waals surface area (Å²) in [5.41, 5.74) is 3.21. The van der Waals surface area contributed by atoms with Crippen LogP contribution in [0.3, 0.4) is 0 Å². The van der Waals surface area contributed by atoms with Crippen molar-refractivity contribution in [3.63, 3.8) is 0 Å². The van der Waals surface area contributed by atoms with Gasteiger partial charge in [-0.1, -0.05) is 88.3 Å². The summed E-state index contributed by atoms with van der Waals surface area (Å²) in [6.45, 7) is 6.20. The number of benzene rings is 2. The lowest BCUT2D eigenvalue weighted by Crippen LogP contribution is -2.10. The molecule has 2 aromatic rings. The zero-order valence-electron chi connectivity index (χ0n) is 17.6. The first-order valence-corrected chi connectivity index (χ1v) is 10.8. The van der Waals surface area contributed by atoms with Crippen LogP contribution in [0.5, 0.6) is 0 Å². The van der Waals surface area contributed by atoms with Crippen molar-refractivity contribution in [3.8, 4) is 11.1 Å². The molecular weight excluding hydrogens is 351 g/mol. The van der Waals surface area contributed by atoms with Crippen LogP contribution >= 0.6 is 0 Å². The average molecular weight is 387 g/mol. The van der Waals surface area contributed by atoms with E-state index in [4.69, 9.17) is 9.78 Å². The molecule has 0 saturated carbocycles. The zero-order valence-corrected chi connectivity index (χ0v) is 17.6. The fraction of sp³-hybridized carbons (Fsp3) is 0.520. The van der Waals surface area contributed by atoms with E-state index in [0.29, 0.717) is 0 Å². The topological polar surface area (TPSA) is 18.5 Å². The van der Waals surface area contributed by atoms with Gasteiger partial charge in [0.1, 0.15) is 11.9 Å². The van der Waals surface area contributed by atoms with Gasteiger partial charge in [-0.25, -0.2) is 14.2 Å². The number of hydrogen-bond donors (Lipinski definition) is 0. The fourth-order valence-corrected chi connectivity index (χ4v) is 3.27. The molecule has 3 heteroatoms. The Kier molecular flexibility index (Phi) is 10.2. The Morgan fingerprint density at radius 1 is 0.714 bits per heavy atom. The third-order valence-electron chi connectivity index (χ3n) is 4.89. The molecule has 0 aromatic heterocycles. The van der Waals surface area contributed by atoms with Gasteiger partial charge in [0.15, 0.2) is 0 Å². The van der Waals surface area contributed by atoms with E-state index in [2.05, 4.69) is 31.2 Å². The van der Waals surface area contributed by atoms with E-state index in [1.807, 2.05) is 13.8 Å². The largest absolute Gasteiger partial charge is 0.233 e. The summed E-state index contributed by atoms with van der Waals surface area (Å²) in [5, 5.41) is 0. The maximum Gasteiger partial charge on any atom is 0.123 e. The molecule has 2 nitrogen and oxygen atoms in total. The molecule has 2 rings (SSSR count). The third-order valence-corrected chi connectivity index (χ3v) is 4.89. The smallest absolute Gasteiger partial charge is 0.123 e. The Labute approximate surface area is 170 Å². The van der Waals surface area contributed by atoms with Crippen LogP contribution in [0.15, 0.2) is 48.5 Å². The van der Waals surface area contributed by atoms with Crippen LogP contribution in [0.1, 0.15) is 83.8 Å². The molecule has 1 atom stereocenters. The SMILES string of the molecule is CCCCCCCCCC(OOC(C)C)c1ccc(-c2ccc(F)cc2)cc1. The van der Waals surface area contributed by atoms with Crippen molar-refractivity contribution in [1.29, 1.82) is 0 Å². The highest BCUT2D eigenvalue weighted by Gasteiger charge is 2.14. The third kappa shape index (κ3) is 8.12. The number of unbranched alkanes of at least 4 members (excludes halogenated alkanes) is 6. The van der Waals surface area contributed by atoms with Crippen LogP contribution in [-0.4, -0.2) is 6.10 Å². The van der Waals surface area contributed by atoms with E-state index in [-0.39, 0.29) is 18.0 Å². The maximum absolute atomic E-state index is 13.1. The van der Waals surface area contributed by atoms with Crippen LogP contribution in [0, 0.1) is 5.82 Å². The van der Waals surface area contributed by atoms with E-state index in [1.54, 1.807) is 12.1 Å². The summed E-state index contributed by atoms with van der Waals surface area (Å²) in [5.74, 6) is -0.214. The lowest BCUT2D eigenvalue weighted by molar-refractivity contribution is -0.348. The van der Waals surface area contributed by atoms with Crippen molar-refractivity contribution < 1.29 is 14.2 Å². The average Bonchev–Trinajstić information content (AvgIpc) is 2.70. The van der Waals surface area contributed by atoms with Crippen LogP contribution in [0.4, 0.5) is 4.39 Å². The summed E-state index contributed by atoms with van der Waals surface area (Å²) in [6.07, 6.45) is 9.90. The predicted molar refractivity (Wildman–Crippen MR) is 114 cm³/mol. The van der Waals surface area contributed by atoms with Gasteiger partial charge in [-0.2, -0.15) is 0 Å². The minimum Gasteiger partial charge on any atom is -0.233 e. The first-order valence-electron chi connectivity index (χ1n) is 10.8. The quantitative estimate of drug-likeness (QED) is 0.197. The molecule has 0 aliphatic heterocycles. The first-order chi connectivity index (χ1) is 13.6. The van der Waals surface area contributed by atoms with E-state index in [1.165, 1.54) is 50.7 Å². The maximum atomic E-state index is 13.1. The van der Waals surface area contributed by atoms with E-state index in [0.717, 1.165) is 29.5 Å². The Balaban J connectivity index is 1.92. The number of halogens is 1. The highest BCUT2D eigenvalue weighted by atomic mass is 19.1. The second-order valence-corrected chi connectivity index (χ2v) is 7.77. The Morgan fingerprint density at radius 3 is 1.82 bits per heavy atom. The molecule has 0 aliphatic rings. The van der Waals surface area contributed by atoms with Gasteiger partial charge in [0.25, 0.3) is 0 Å². The molecule has 0 saturated heterocycles. The van der Waals surface area contributed by atoms with E-state index in [9.17, 15) is 4.39 Å². The van der Waals surface area contributed by atoms with E-state index >= 15 is 0 Å². The normalized spacial score (nSPS) is 12.5. The highest BCUT2D eigenvalue weighted by Crippen LogP contribution is 2.28. The van der Waals surface area contributed by atoms with Crippen LogP contribution in [0.25, 0.3) is 11.1 Å². The number of rotatable bonds is 13. The lowest BCUT2D eigenvalue weighted by atomic mass is 9.98. The van der Waals surface area contributed by atoms with Crippen molar-refractivity contribution in [2.75, 3.05) is 0 Å². The van der Waals surface area contributed by atoms with Crippen molar-refractivity contribution in [2.24, 2.45) is 0 Å². The van der Waals surface area contributed by atoms with Gasteiger partial charge in [0, 0.05) is 0 Å². The molecule has 0 bridgehead atoms. The minimum atomic E-state index is -0.214. The van der Waals surface area contributed by atoms with Crippen molar-refractivity contribution in [2.45, 2.75) is 84.3 Å². The Bertz CT molecular complexity index is 649. The first kappa shape index (κ1) is 22.6. The van der Waals surface area contributed by atoms with Gasteiger partial charge in [-0.3, -0.25) is 0 Å². The molecule has 0 spiro atoms. The van der Waals surface area contributed by atoms with E-state index < -0.39 is 0 Å².